The van der Waals surface area contributed by atoms with Gasteiger partial charge in [-0.1, -0.05) is 6.07 Å². The summed E-state index contributed by atoms with van der Waals surface area (Å²) in [5, 5.41) is 11.9. The Morgan fingerprint density at radius 2 is 2.26 bits per heavy atom. The van der Waals surface area contributed by atoms with Crippen LogP contribution in [0.15, 0.2) is 35.7 Å². The molecule has 2 aromatic rings. The zero-order valence-corrected chi connectivity index (χ0v) is 18.9. The second kappa shape index (κ2) is 11.6. The van der Waals surface area contributed by atoms with E-state index >= 15 is 0 Å². The molecular formula is C23H31FN2O4S. The van der Waals surface area contributed by atoms with Crippen molar-refractivity contribution in [3.05, 3.63) is 52.0 Å². The van der Waals surface area contributed by atoms with E-state index in [0.717, 1.165) is 18.4 Å². The second-order valence-corrected chi connectivity index (χ2v) is 8.85. The van der Waals surface area contributed by atoms with E-state index in [1.807, 2.05) is 21.2 Å². The summed E-state index contributed by atoms with van der Waals surface area (Å²) in [4.78, 5) is 18.4. The number of hydrogen-bond donors (Lipinski definition) is 1. The van der Waals surface area contributed by atoms with E-state index in [0.29, 0.717) is 32.0 Å². The Morgan fingerprint density at radius 3 is 3.00 bits per heavy atom. The number of thiophene rings is 1. The molecule has 1 N–H and O–H groups in total. The van der Waals surface area contributed by atoms with Crippen LogP contribution in [0.4, 0.5) is 4.39 Å². The first-order valence-corrected chi connectivity index (χ1v) is 11.5. The fourth-order valence-corrected chi connectivity index (χ4v) is 4.86. The van der Waals surface area contributed by atoms with Gasteiger partial charge >= 0.3 is 0 Å². The molecule has 2 unspecified atom stereocenters. The molecule has 31 heavy (non-hydrogen) atoms. The van der Waals surface area contributed by atoms with Crippen LogP contribution in [0, 0.1) is 5.82 Å². The van der Waals surface area contributed by atoms with Gasteiger partial charge in [-0.25, -0.2) is 4.39 Å². The molecular weight excluding hydrogens is 419 g/mol. The molecule has 8 heteroatoms. The number of carbonyl (C=O) groups excluding carboxylic acids is 1. The van der Waals surface area contributed by atoms with E-state index in [9.17, 15) is 14.3 Å². The average Bonchev–Trinajstić information content (AvgIpc) is 3.20. The minimum atomic E-state index is -0.521. The molecule has 1 amide bonds. The molecule has 170 valence electrons. The normalized spacial score (nSPS) is 16.9. The smallest absolute Gasteiger partial charge is 0.237 e. The second-order valence-electron chi connectivity index (χ2n) is 7.85. The van der Waals surface area contributed by atoms with Gasteiger partial charge in [0.05, 0.1) is 18.7 Å². The number of aliphatic hydroxyl groups is 1. The molecule has 1 aromatic carbocycles. The van der Waals surface area contributed by atoms with Gasteiger partial charge in [0.25, 0.3) is 0 Å². The Kier molecular flexibility index (Phi) is 8.83. The maximum atomic E-state index is 13.5. The Labute approximate surface area is 187 Å². The Hall–Kier alpha value is -2.00. The van der Waals surface area contributed by atoms with E-state index in [1.54, 1.807) is 37.5 Å². The summed E-state index contributed by atoms with van der Waals surface area (Å²) in [5.41, 5.74) is 1.10. The fraction of sp³-hybridized carbons (Fsp3) is 0.522. The van der Waals surface area contributed by atoms with Crippen molar-refractivity contribution >= 4 is 17.2 Å². The van der Waals surface area contributed by atoms with Crippen molar-refractivity contribution in [3.63, 3.8) is 0 Å². The van der Waals surface area contributed by atoms with Gasteiger partial charge in [0.15, 0.2) is 0 Å². The van der Waals surface area contributed by atoms with Crippen LogP contribution in [0.3, 0.4) is 0 Å². The first kappa shape index (κ1) is 23.7. The Balaban J connectivity index is 1.71. The molecule has 2 atom stereocenters. The molecule has 6 nitrogen and oxygen atoms in total. The fourth-order valence-electron chi connectivity index (χ4n) is 3.93. The molecule has 1 aliphatic rings. The summed E-state index contributed by atoms with van der Waals surface area (Å²) in [7, 11) is 1.65. The molecule has 0 radical (unpaired) electrons. The highest BCUT2D eigenvalue weighted by molar-refractivity contribution is 7.10. The summed E-state index contributed by atoms with van der Waals surface area (Å²) in [5.74, 6) is 0.0999. The predicted octanol–water partition coefficient (Wildman–Crippen LogP) is 3.11. The van der Waals surface area contributed by atoms with Crippen LogP contribution in [0.5, 0.6) is 5.75 Å². The van der Waals surface area contributed by atoms with Crippen molar-refractivity contribution in [3.8, 4) is 5.75 Å². The number of aliphatic hydroxyl groups excluding tert-OH is 1. The minimum Gasteiger partial charge on any atom is -0.491 e. The summed E-state index contributed by atoms with van der Waals surface area (Å²) in [6, 6.07) is 7.87. The Bertz CT molecular complexity index is 844. The maximum Gasteiger partial charge on any atom is 0.237 e. The number of halogens is 1. The lowest BCUT2D eigenvalue weighted by Gasteiger charge is -2.37. The van der Waals surface area contributed by atoms with Crippen molar-refractivity contribution in [2.75, 3.05) is 46.5 Å². The highest BCUT2D eigenvalue weighted by Gasteiger charge is 2.33. The van der Waals surface area contributed by atoms with Gasteiger partial charge in [-0.2, -0.15) is 0 Å². The topological polar surface area (TPSA) is 62.2 Å². The summed E-state index contributed by atoms with van der Waals surface area (Å²) >= 11 is 1.69. The lowest BCUT2D eigenvalue weighted by molar-refractivity contribution is -0.136. The van der Waals surface area contributed by atoms with Crippen LogP contribution in [0.2, 0.25) is 0 Å². The third-order valence-corrected chi connectivity index (χ3v) is 6.32. The van der Waals surface area contributed by atoms with Crippen LogP contribution in [0.1, 0.15) is 29.8 Å². The van der Waals surface area contributed by atoms with Gasteiger partial charge in [0, 0.05) is 44.3 Å². The zero-order valence-electron chi connectivity index (χ0n) is 18.1. The number of fused-ring (bicyclic) bond motifs is 1. The van der Waals surface area contributed by atoms with Crippen molar-refractivity contribution < 1.29 is 23.8 Å². The number of hydrogen-bond acceptors (Lipinski definition) is 6. The molecule has 0 aliphatic carbocycles. The number of nitrogens with zero attached hydrogens (tertiary/aromatic N) is 2. The van der Waals surface area contributed by atoms with Gasteiger partial charge in [-0.15, -0.1) is 11.3 Å². The number of rotatable bonds is 11. The highest BCUT2D eigenvalue weighted by atomic mass is 32.1. The van der Waals surface area contributed by atoms with E-state index < -0.39 is 6.10 Å². The Morgan fingerprint density at radius 1 is 1.42 bits per heavy atom. The number of benzene rings is 1. The molecule has 1 aliphatic heterocycles. The lowest BCUT2D eigenvalue weighted by Crippen LogP contribution is -2.47. The first-order valence-electron chi connectivity index (χ1n) is 10.6. The van der Waals surface area contributed by atoms with E-state index in [2.05, 4.69) is 0 Å². The third-order valence-electron chi connectivity index (χ3n) is 5.32. The van der Waals surface area contributed by atoms with Crippen LogP contribution < -0.4 is 4.74 Å². The van der Waals surface area contributed by atoms with Gasteiger partial charge in [-0.3, -0.25) is 9.69 Å². The van der Waals surface area contributed by atoms with Crippen molar-refractivity contribution in [1.29, 1.82) is 0 Å². The quantitative estimate of drug-likeness (QED) is 0.533. The van der Waals surface area contributed by atoms with Crippen LogP contribution in [-0.2, 0) is 16.0 Å². The lowest BCUT2D eigenvalue weighted by atomic mass is 10.0. The molecule has 0 spiro atoms. The molecule has 2 heterocycles. The zero-order chi connectivity index (χ0) is 22.2. The van der Waals surface area contributed by atoms with Crippen LogP contribution >= 0.6 is 11.3 Å². The molecule has 0 fully saturated rings. The van der Waals surface area contributed by atoms with Gasteiger partial charge in [0.2, 0.25) is 5.91 Å². The number of methoxy groups -OCH3 is 1. The molecule has 1 aromatic heterocycles. The van der Waals surface area contributed by atoms with Gasteiger partial charge in [0.1, 0.15) is 18.2 Å². The van der Waals surface area contributed by atoms with Crippen molar-refractivity contribution in [2.24, 2.45) is 0 Å². The predicted molar refractivity (Wildman–Crippen MR) is 119 cm³/mol. The number of ether oxygens (including phenoxy) is 2. The average molecular weight is 451 g/mol. The van der Waals surface area contributed by atoms with Crippen LogP contribution in [-0.4, -0.2) is 73.4 Å². The SMILES string of the molecule is COCCCN(CC(=O)N1CCc2sccc2C1COc1cccc(F)c1)CC(C)O. The molecule has 0 saturated heterocycles. The molecule has 0 bridgehead atoms. The third kappa shape index (κ3) is 6.74. The summed E-state index contributed by atoms with van der Waals surface area (Å²) in [6.07, 6.45) is 1.08. The van der Waals surface area contributed by atoms with E-state index in [1.165, 1.54) is 17.0 Å². The molecule has 3 rings (SSSR count). The standard InChI is InChI=1S/C23H31FN2O4S/c1-17(27)14-25(9-4-11-29-2)15-23(28)26-10-7-22-20(8-12-31-22)21(26)16-30-19-6-3-5-18(24)13-19/h3,5-6,8,12-13,17,21,27H,4,7,9-11,14-16H2,1-2H3. The van der Waals surface area contributed by atoms with Gasteiger partial charge < -0.3 is 19.5 Å². The van der Waals surface area contributed by atoms with Crippen molar-refractivity contribution in [2.45, 2.75) is 31.9 Å². The van der Waals surface area contributed by atoms with E-state index in [-0.39, 0.29) is 30.9 Å². The summed E-state index contributed by atoms with van der Waals surface area (Å²) in [6.45, 7) is 4.54. The minimum absolute atomic E-state index is 0.00255. The highest BCUT2D eigenvalue weighted by Crippen LogP contribution is 2.34. The van der Waals surface area contributed by atoms with Crippen LogP contribution in [0.25, 0.3) is 0 Å². The maximum absolute atomic E-state index is 13.5. The number of carbonyl (C=O) groups is 1. The first-order chi connectivity index (χ1) is 15.0. The molecule has 0 saturated carbocycles. The van der Waals surface area contributed by atoms with Gasteiger partial charge in [-0.05, 0) is 48.9 Å². The van der Waals surface area contributed by atoms with E-state index in [4.69, 9.17) is 9.47 Å². The number of amides is 1. The monoisotopic (exact) mass is 450 g/mol. The summed E-state index contributed by atoms with van der Waals surface area (Å²) < 4.78 is 24.5. The largest absolute Gasteiger partial charge is 0.491 e. The van der Waals surface area contributed by atoms with Crippen molar-refractivity contribution in [1.82, 2.24) is 9.80 Å².